The molecule has 3 N–H and O–H groups in total. The van der Waals surface area contributed by atoms with Crippen LogP contribution < -0.4 is 20.5 Å². The van der Waals surface area contributed by atoms with Crippen LogP contribution in [0.1, 0.15) is 17.2 Å². The number of nitrogens with one attached hydrogen (secondary N) is 1. The lowest BCUT2D eigenvalue weighted by Crippen LogP contribution is -2.40. The maximum absolute atomic E-state index is 12.6. The van der Waals surface area contributed by atoms with Crippen LogP contribution in [0.15, 0.2) is 48.5 Å². The second-order valence-corrected chi connectivity index (χ2v) is 7.01. The molecule has 132 valence electrons. The van der Waals surface area contributed by atoms with Crippen molar-refractivity contribution in [1.29, 1.82) is 0 Å². The zero-order valence-electron chi connectivity index (χ0n) is 14.1. The minimum atomic E-state index is -0.308. The number of hydrogen-bond acceptors (Lipinski definition) is 5. The predicted molar refractivity (Wildman–Crippen MR) is 100 cm³/mol. The van der Waals surface area contributed by atoms with E-state index in [1.54, 1.807) is 18.9 Å². The summed E-state index contributed by atoms with van der Waals surface area (Å²) >= 11 is 1.62. The number of carbonyl (C=O) groups excluding carboxylic acids is 1. The van der Waals surface area contributed by atoms with Crippen LogP contribution in [0.3, 0.4) is 0 Å². The monoisotopic (exact) mass is 358 g/mol. The fourth-order valence-corrected chi connectivity index (χ4v) is 4.01. The van der Waals surface area contributed by atoms with Gasteiger partial charge in [0.25, 0.3) is 0 Å². The molecule has 0 aromatic heterocycles. The fraction of sp³-hybridized carbons (Fsp3) is 0.316. The highest BCUT2D eigenvalue weighted by atomic mass is 32.2. The summed E-state index contributed by atoms with van der Waals surface area (Å²) in [6.07, 6.45) is 0.876. The van der Waals surface area contributed by atoms with Crippen LogP contribution in [0.5, 0.6) is 17.2 Å². The Labute approximate surface area is 151 Å². The maximum atomic E-state index is 12.6. The van der Waals surface area contributed by atoms with E-state index in [1.807, 2.05) is 48.5 Å². The first kappa shape index (κ1) is 17.6. The Morgan fingerprint density at radius 1 is 1.20 bits per heavy atom. The zero-order valence-corrected chi connectivity index (χ0v) is 14.9. The van der Waals surface area contributed by atoms with E-state index < -0.39 is 0 Å². The first-order valence-electron chi connectivity index (χ1n) is 8.24. The smallest absolute Gasteiger partial charge is 0.238 e. The molecule has 2 aromatic rings. The van der Waals surface area contributed by atoms with Gasteiger partial charge in [0.05, 0.1) is 7.11 Å². The summed E-state index contributed by atoms with van der Waals surface area (Å²) in [5, 5.41) is 2.70. The van der Waals surface area contributed by atoms with E-state index in [9.17, 15) is 4.79 Å². The molecule has 0 unspecified atom stereocenters. The normalized spacial score (nSPS) is 20.5. The summed E-state index contributed by atoms with van der Waals surface area (Å²) in [5.74, 6) is 2.92. The second-order valence-electron chi connectivity index (χ2n) is 5.80. The number of thioether (sulfide) groups is 1. The maximum Gasteiger partial charge on any atom is 0.238 e. The van der Waals surface area contributed by atoms with Crippen molar-refractivity contribution in [2.45, 2.75) is 17.7 Å². The molecule has 1 amide bonds. The molecule has 1 heterocycles. The van der Waals surface area contributed by atoms with Crippen molar-refractivity contribution in [1.82, 2.24) is 5.32 Å². The molecule has 1 saturated heterocycles. The molecule has 5 nitrogen and oxygen atoms in total. The molecule has 1 aliphatic rings. The molecule has 2 atom stereocenters. The molecule has 6 heteroatoms. The standard InChI is InChI=1S/C19H22N2O3S/c1-23-17-11-15(24-14-5-3-2-4-6-14)7-8-16(17)18-19(22)21-13(12-20)9-10-25-18/h2-8,11,13,18H,9-10,12,20H2,1H3,(H,21,22)/t13-,18+/m0/s1. The van der Waals surface area contributed by atoms with Gasteiger partial charge in [0, 0.05) is 24.2 Å². The number of rotatable bonds is 5. The van der Waals surface area contributed by atoms with Crippen molar-refractivity contribution in [3.05, 3.63) is 54.1 Å². The van der Waals surface area contributed by atoms with Crippen molar-refractivity contribution in [3.63, 3.8) is 0 Å². The molecule has 0 aliphatic carbocycles. The van der Waals surface area contributed by atoms with Crippen LogP contribution in [0, 0.1) is 0 Å². The van der Waals surface area contributed by atoms with Crippen LogP contribution in [0.4, 0.5) is 0 Å². The molecule has 1 aliphatic heterocycles. The third kappa shape index (κ3) is 4.27. The summed E-state index contributed by atoms with van der Waals surface area (Å²) in [5.41, 5.74) is 6.55. The predicted octanol–water partition coefficient (Wildman–Crippen LogP) is 3.11. The van der Waals surface area contributed by atoms with E-state index in [4.69, 9.17) is 15.2 Å². The van der Waals surface area contributed by atoms with Crippen LogP contribution in [0.2, 0.25) is 0 Å². The van der Waals surface area contributed by atoms with Gasteiger partial charge in [-0.05, 0) is 36.4 Å². The number of hydrogen-bond donors (Lipinski definition) is 2. The number of benzene rings is 2. The Bertz CT molecular complexity index is 724. The van der Waals surface area contributed by atoms with Gasteiger partial charge in [-0.25, -0.2) is 0 Å². The topological polar surface area (TPSA) is 73.6 Å². The van der Waals surface area contributed by atoms with E-state index >= 15 is 0 Å². The molecule has 0 bridgehead atoms. The molecular weight excluding hydrogens is 336 g/mol. The van der Waals surface area contributed by atoms with Gasteiger partial charge in [-0.3, -0.25) is 4.79 Å². The quantitative estimate of drug-likeness (QED) is 0.859. The Morgan fingerprint density at radius 2 is 2.00 bits per heavy atom. The number of methoxy groups -OCH3 is 1. The second kappa shape index (κ2) is 8.27. The van der Waals surface area contributed by atoms with Gasteiger partial charge in [0.2, 0.25) is 5.91 Å². The minimum absolute atomic E-state index is 0.0204. The lowest BCUT2D eigenvalue weighted by molar-refractivity contribution is -0.121. The Morgan fingerprint density at radius 3 is 2.72 bits per heavy atom. The van der Waals surface area contributed by atoms with Crippen LogP contribution in [-0.4, -0.2) is 31.4 Å². The Balaban J connectivity index is 1.83. The molecular formula is C19H22N2O3S. The molecule has 25 heavy (non-hydrogen) atoms. The summed E-state index contributed by atoms with van der Waals surface area (Å²) < 4.78 is 11.4. The molecule has 0 saturated carbocycles. The van der Waals surface area contributed by atoms with E-state index in [0.29, 0.717) is 18.0 Å². The van der Waals surface area contributed by atoms with E-state index in [-0.39, 0.29) is 17.2 Å². The number of carbonyl (C=O) groups is 1. The van der Waals surface area contributed by atoms with Crippen molar-refractivity contribution in [2.75, 3.05) is 19.4 Å². The number of para-hydroxylation sites is 1. The molecule has 3 rings (SSSR count). The van der Waals surface area contributed by atoms with E-state index in [0.717, 1.165) is 23.5 Å². The van der Waals surface area contributed by atoms with Gasteiger partial charge in [-0.2, -0.15) is 0 Å². The lowest BCUT2D eigenvalue weighted by Gasteiger charge is -2.18. The zero-order chi connectivity index (χ0) is 17.6. The summed E-state index contributed by atoms with van der Waals surface area (Å²) in [4.78, 5) is 12.6. The average Bonchev–Trinajstić information content (AvgIpc) is 2.83. The van der Waals surface area contributed by atoms with Crippen LogP contribution >= 0.6 is 11.8 Å². The number of ether oxygens (including phenoxy) is 2. The third-order valence-corrected chi connectivity index (χ3v) is 5.36. The average molecular weight is 358 g/mol. The SMILES string of the molecule is COc1cc(Oc2ccccc2)ccc1[C@H]1SCC[C@@H](CN)NC1=O. The van der Waals surface area contributed by atoms with Crippen molar-refractivity contribution >= 4 is 17.7 Å². The first-order chi connectivity index (χ1) is 12.2. The minimum Gasteiger partial charge on any atom is -0.496 e. The first-order valence-corrected chi connectivity index (χ1v) is 9.29. The number of nitrogens with two attached hydrogens (primary N) is 1. The van der Waals surface area contributed by atoms with Gasteiger partial charge in [0.1, 0.15) is 22.5 Å². The van der Waals surface area contributed by atoms with Gasteiger partial charge >= 0.3 is 0 Å². The van der Waals surface area contributed by atoms with Gasteiger partial charge in [-0.15, -0.1) is 11.8 Å². The Kier molecular flexibility index (Phi) is 5.83. The molecule has 0 spiro atoms. The van der Waals surface area contributed by atoms with Crippen molar-refractivity contribution in [3.8, 4) is 17.2 Å². The van der Waals surface area contributed by atoms with Crippen LogP contribution in [-0.2, 0) is 4.79 Å². The molecule has 2 aromatic carbocycles. The van der Waals surface area contributed by atoms with Crippen LogP contribution in [0.25, 0.3) is 0 Å². The van der Waals surface area contributed by atoms with Gasteiger partial charge in [-0.1, -0.05) is 18.2 Å². The third-order valence-electron chi connectivity index (χ3n) is 4.09. The van der Waals surface area contributed by atoms with E-state index in [2.05, 4.69) is 5.32 Å². The highest BCUT2D eigenvalue weighted by molar-refractivity contribution is 8.00. The molecule has 0 radical (unpaired) electrons. The summed E-state index contributed by atoms with van der Waals surface area (Å²) in [6.45, 7) is 0.458. The van der Waals surface area contributed by atoms with E-state index in [1.165, 1.54) is 0 Å². The Hall–Kier alpha value is -2.18. The highest BCUT2D eigenvalue weighted by Gasteiger charge is 2.29. The highest BCUT2D eigenvalue weighted by Crippen LogP contribution is 2.39. The summed E-state index contributed by atoms with van der Waals surface area (Å²) in [7, 11) is 1.60. The van der Waals surface area contributed by atoms with Gasteiger partial charge in [0.15, 0.2) is 0 Å². The van der Waals surface area contributed by atoms with Crippen molar-refractivity contribution < 1.29 is 14.3 Å². The summed E-state index contributed by atoms with van der Waals surface area (Å²) in [6, 6.07) is 15.2. The van der Waals surface area contributed by atoms with Crippen molar-refractivity contribution in [2.24, 2.45) is 5.73 Å². The largest absolute Gasteiger partial charge is 0.496 e. The van der Waals surface area contributed by atoms with Gasteiger partial charge < -0.3 is 20.5 Å². The lowest BCUT2D eigenvalue weighted by atomic mass is 10.1. The molecule has 1 fully saturated rings. The fourth-order valence-electron chi connectivity index (χ4n) is 2.76. The number of amides is 1.